The van der Waals surface area contributed by atoms with Crippen molar-refractivity contribution in [3.8, 4) is 5.69 Å². The van der Waals surface area contributed by atoms with Gasteiger partial charge in [-0.2, -0.15) is 5.10 Å². The van der Waals surface area contributed by atoms with Crippen LogP contribution >= 0.6 is 0 Å². The van der Waals surface area contributed by atoms with E-state index in [9.17, 15) is 5.11 Å². The van der Waals surface area contributed by atoms with Crippen molar-refractivity contribution < 1.29 is 5.11 Å². The number of hydrogen-bond donors (Lipinski definition) is 1. The molecule has 0 aliphatic heterocycles. The summed E-state index contributed by atoms with van der Waals surface area (Å²) in [5.41, 5.74) is 5.95. The molecule has 0 saturated heterocycles. The Hall–Kier alpha value is -3.17. The number of aromatic nitrogens is 2. The van der Waals surface area contributed by atoms with E-state index >= 15 is 0 Å². The Labute approximate surface area is 172 Å². The molecule has 0 amide bonds. The topological polar surface area (TPSA) is 38.0 Å². The van der Waals surface area contributed by atoms with E-state index in [1.165, 1.54) is 5.56 Å². The largest absolute Gasteiger partial charge is 0.380 e. The molecule has 29 heavy (non-hydrogen) atoms. The highest BCUT2D eigenvalue weighted by Crippen LogP contribution is 2.35. The SMILES string of the molecule is Cc1ccc(-n2nc(C)c(CC(O)(c3ccccc3)c3ccccc3)c2C)cc1. The lowest BCUT2D eigenvalue weighted by molar-refractivity contribution is 0.0808. The van der Waals surface area contributed by atoms with E-state index in [2.05, 4.69) is 38.1 Å². The molecule has 1 aromatic heterocycles. The Bertz CT molecular complexity index is 1060. The van der Waals surface area contributed by atoms with Crippen molar-refractivity contribution in [2.24, 2.45) is 0 Å². The minimum absolute atomic E-state index is 0.463. The summed E-state index contributed by atoms with van der Waals surface area (Å²) in [7, 11) is 0. The van der Waals surface area contributed by atoms with Crippen LogP contribution in [-0.4, -0.2) is 14.9 Å². The summed E-state index contributed by atoms with van der Waals surface area (Å²) < 4.78 is 1.97. The van der Waals surface area contributed by atoms with Gasteiger partial charge in [-0.15, -0.1) is 0 Å². The second kappa shape index (κ2) is 7.69. The third kappa shape index (κ3) is 3.62. The van der Waals surface area contributed by atoms with Gasteiger partial charge in [0.25, 0.3) is 0 Å². The number of rotatable bonds is 5. The zero-order valence-corrected chi connectivity index (χ0v) is 17.1. The predicted octanol–water partition coefficient (Wildman–Crippen LogP) is 5.28. The zero-order valence-electron chi connectivity index (χ0n) is 17.1. The molecule has 3 aromatic carbocycles. The van der Waals surface area contributed by atoms with Crippen LogP contribution in [0.3, 0.4) is 0 Å². The Balaban J connectivity index is 1.81. The number of aliphatic hydroxyl groups is 1. The fourth-order valence-corrected chi connectivity index (χ4v) is 3.92. The van der Waals surface area contributed by atoms with Gasteiger partial charge in [-0.3, -0.25) is 0 Å². The van der Waals surface area contributed by atoms with Crippen LogP contribution in [0.4, 0.5) is 0 Å². The maximum absolute atomic E-state index is 11.9. The van der Waals surface area contributed by atoms with Gasteiger partial charge in [-0.1, -0.05) is 78.4 Å². The Morgan fingerprint density at radius 1 is 0.759 bits per heavy atom. The van der Waals surface area contributed by atoms with E-state index in [1.807, 2.05) is 72.3 Å². The maximum atomic E-state index is 11.9. The minimum atomic E-state index is -1.13. The maximum Gasteiger partial charge on any atom is 0.119 e. The molecule has 0 radical (unpaired) electrons. The third-order valence-corrected chi connectivity index (χ3v) is 5.66. The molecule has 0 aliphatic carbocycles. The van der Waals surface area contributed by atoms with Crippen molar-refractivity contribution in [2.75, 3.05) is 0 Å². The fourth-order valence-electron chi connectivity index (χ4n) is 3.92. The lowest BCUT2D eigenvalue weighted by atomic mass is 9.81. The molecule has 3 heteroatoms. The first-order valence-electron chi connectivity index (χ1n) is 9.94. The van der Waals surface area contributed by atoms with E-state index in [0.29, 0.717) is 6.42 Å². The molecule has 4 rings (SSSR count). The average Bonchev–Trinajstić information content (AvgIpc) is 3.03. The molecule has 3 nitrogen and oxygen atoms in total. The summed E-state index contributed by atoms with van der Waals surface area (Å²) >= 11 is 0. The molecular weight excluding hydrogens is 356 g/mol. The molecule has 146 valence electrons. The van der Waals surface area contributed by atoms with Crippen molar-refractivity contribution in [1.82, 2.24) is 9.78 Å². The first-order chi connectivity index (χ1) is 14.0. The lowest BCUT2D eigenvalue weighted by Gasteiger charge is -2.30. The van der Waals surface area contributed by atoms with Crippen LogP contribution in [0.2, 0.25) is 0 Å². The van der Waals surface area contributed by atoms with E-state index in [4.69, 9.17) is 5.10 Å². The summed E-state index contributed by atoms with van der Waals surface area (Å²) in [6.45, 7) is 6.17. The van der Waals surface area contributed by atoms with Crippen LogP contribution in [0.1, 0.15) is 33.6 Å². The molecule has 1 heterocycles. The van der Waals surface area contributed by atoms with Gasteiger partial charge in [-0.05, 0) is 49.6 Å². The van der Waals surface area contributed by atoms with Gasteiger partial charge in [-0.25, -0.2) is 4.68 Å². The summed E-state index contributed by atoms with van der Waals surface area (Å²) in [5.74, 6) is 0. The Kier molecular flexibility index (Phi) is 5.08. The minimum Gasteiger partial charge on any atom is -0.380 e. The van der Waals surface area contributed by atoms with E-state index in [-0.39, 0.29) is 0 Å². The molecule has 1 N–H and O–H groups in total. The fraction of sp³-hybridized carbons (Fsp3) is 0.192. The van der Waals surface area contributed by atoms with Crippen LogP contribution in [0.15, 0.2) is 84.9 Å². The second-order valence-corrected chi connectivity index (χ2v) is 7.67. The van der Waals surface area contributed by atoms with Gasteiger partial charge in [0.15, 0.2) is 0 Å². The number of aryl methyl sites for hydroxylation is 2. The first kappa shape index (κ1) is 19.2. The molecule has 4 aromatic rings. The van der Waals surface area contributed by atoms with Crippen LogP contribution < -0.4 is 0 Å². The standard InChI is InChI=1S/C26H26N2O/c1-19-14-16-24(17-15-19)28-21(3)25(20(2)27-28)18-26(29,22-10-6-4-7-11-22)23-12-8-5-9-13-23/h4-17,29H,18H2,1-3H3. The van der Waals surface area contributed by atoms with Crippen molar-refractivity contribution >= 4 is 0 Å². The van der Waals surface area contributed by atoms with Gasteiger partial charge >= 0.3 is 0 Å². The molecule has 0 fully saturated rings. The quantitative estimate of drug-likeness (QED) is 0.510. The lowest BCUT2D eigenvalue weighted by Crippen LogP contribution is -2.30. The molecule has 0 unspecified atom stereocenters. The molecule has 0 aliphatic rings. The van der Waals surface area contributed by atoms with Crippen LogP contribution in [0, 0.1) is 20.8 Å². The van der Waals surface area contributed by atoms with Gasteiger partial charge < -0.3 is 5.11 Å². The van der Waals surface area contributed by atoms with Crippen LogP contribution in [0.5, 0.6) is 0 Å². The average molecular weight is 383 g/mol. The molecule has 0 saturated carbocycles. The summed E-state index contributed by atoms with van der Waals surface area (Å²) in [5, 5.41) is 16.7. The van der Waals surface area contributed by atoms with Gasteiger partial charge in [0.2, 0.25) is 0 Å². The highest BCUT2D eigenvalue weighted by Gasteiger charge is 2.34. The number of benzene rings is 3. The normalized spacial score (nSPS) is 11.6. The number of nitrogens with zero attached hydrogens (tertiary/aromatic N) is 2. The monoisotopic (exact) mass is 382 g/mol. The van der Waals surface area contributed by atoms with Crippen LogP contribution in [0.25, 0.3) is 5.69 Å². The van der Waals surface area contributed by atoms with E-state index in [1.54, 1.807) is 0 Å². The predicted molar refractivity (Wildman–Crippen MR) is 117 cm³/mol. The smallest absolute Gasteiger partial charge is 0.119 e. The highest BCUT2D eigenvalue weighted by molar-refractivity contribution is 5.43. The van der Waals surface area contributed by atoms with Gasteiger partial charge in [0.1, 0.15) is 5.60 Å². The summed E-state index contributed by atoms with van der Waals surface area (Å²) in [6, 6.07) is 28.1. The van der Waals surface area contributed by atoms with Crippen molar-refractivity contribution in [3.05, 3.63) is 119 Å². The zero-order chi connectivity index (χ0) is 20.4. The molecule has 0 spiro atoms. The third-order valence-electron chi connectivity index (χ3n) is 5.66. The molecule has 0 atom stereocenters. The Morgan fingerprint density at radius 2 is 1.28 bits per heavy atom. The Morgan fingerprint density at radius 3 is 1.79 bits per heavy atom. The van der Waals surface area contributed by atoms with E-state index in [0.717, 1.165) is 33.8 Å². The highest BCUT2D eigenvalue weighted by atomic mass is 16.3. The number of hydrogen-bond acceptors (Lipinski definition) is 2. The summed E-state index contributed by atoms with van der Waals surface area (Å²) in [4.78, 5) is 0. The van der Waals surface area contributed by atoms with Crippen molar-refractivity contribution in [2.45, 2.75) is 32.8 Å². The van der Waals surface area contributed by atoms with Crippen LogP contribution in [-0.2, 0) is 12.0 Å². The molecular formula is C26H26N2O. The second-order valence-electron chi connectivity index (χ2n) is 7.67. The van der Waals surface area contributed by atoms with Gasteiger partial charge in [0, 0.05) is 12.1 Å². The molecule has 0 bridgehead atoms. The van der Waals surface area contributed by atoms with E-state index < -0.39 is 5.60 Å². The van der Waals surface area contributed by atoms with Crippen molar-refractivity contribution in [1.29, 1.82) is 0 Å². The van der Waals surface area contributed by atoms with Gasteiger partial charge in [0.05, 0.1) is 11.4 Å². The summed E-state index contributed by atoms with van der Waals surface area (Å²) in [6.07, 6.45) is 0.463. The van der Waals surface area contributed by atoms with Crippen molar-refractivity contribution in [3.63, 3.8) is 0 Å². The first-order valence-corrected chi connectivity index (χ1v) is 9.94.